The zero-order chi connectivity index (χ0) is 16.8. The lowest BCUT2D eigenvalue weighted by Gasteiger charge is -2.08. The first-order chi connectivity index (χ1) is 11.0. The molecule has 2 aromatic rings. The van der Waals surface area contributed by atoms with Crippen molar-refractivity contribution in [1.82, 2.24) is 0 Å². The van der Waals surface area contributed by atoms with Gasteiger partial charge in [0.05, 0.1) is 24.3 Å². The summed E-state index contributed by atoms with van der Waals surface area (Å²) in [5.74, 6) is 1.59. The van der Waals surface area contributed by atoms with Crippen LogP contribution in [0.4, 0.5) is 0 Å². The number of hydrogen-bond donors (Lipinski definition) is 1. The predicted molar refractivity (Wildman–Crippen MR) is 95.8 cm³/mol. The van der Waals surface area contributed by atoms with Crippen molar-refractivity contribution in [3.63, 3.8) is 0 Å². The lowest BCUT2D eigenvalue weighted by molar-refractivity contribution is 0.355. The molecule has 0 aromatic heterocycles. The number of benzene rings is 2. The van der Waals surface area contributed by atoms with Crippen LogP contribution < -0.4 is 15.2 Å². The molecule has 2 rings (SSSR count). The van der Waals surface area contributed by atoms with Gasteiger partial charge in [0.1, 0.15) is 5.84 Å². The van der Waals surface area contributed by atoms with Crippen molar-refractivity contribution in [2.24, 2.45) is 10.7 Å². The number of methoxy groups -OCH3 is 2. The minimum atomic E-state index is 0.363. The first-order valence-electron chi connectivity index (χ1n) is 6.72. The Labute approximate surface area is 145 Å². The fourth-order valence-corrected chi connectivity index (χ4v) is 2.20. The van der Waals surface area contributed by atoms with Crippen molar-refractivity contribution in [3.05, 3.63) is 63.8 Å². The normalized spacial score (nSPS) is 11.7. The minimum Gasteiger partial charge on any atom is -0.493 e. The molecule has 0 saturated heterocycles. The molecule has 23 heavy (non-hydrogen) atoms. The first kappa shape index (κ1) is 17.2. The van der Waals surface area contributed by atoms with Crippen LogP contribution >= 0.6 is 23.2 Å². The Morgan fingerprint density at radius 3 is 2.39 bits per heavy atom. The standard InChI is InChI=1S/C17H16Cl2N2O2/c1-22-15-6-4-12(10-16(15)23-2)17(20)21-8-7-11-3-5-13(18)14(19)9-11/h3-10H,1-2H3,(H2,20,21). The first-order valence-corrected chi connectivity index (χ1v) is 7.48. The summed E-state index contributed by atoms with van der Waals surface area (Å²) >= 11 is 11.8. The Morgan fingerprint density at radius 2 is 1.74 bits per heavy atom. The predicted octanol–water partition coefficient (Wildman–Crippen LogP) is 4.39. The van der Waals surface area contributed by atoms with Crippen LogP contribution in [0, 0.1) is 0 Å². The van der Waals surface area contributed by atoms with Gasteiger partial charge >= 0.3 is 0 Å². The third-order valence-corrected chi connectivity index (χ3v) is 3.84. The molecule has 120 valence electrons. The van der Waals surface area contributed by atoms with Crippen molar-refractivity contribution in [2.75, 3.05) is 14.2 Å². The molecule has 0 aliphatic carbocycles. The van der Waals surface area contributed by atoms with Crippen LogP contribution in [0.15, 0.2) is 47.6 Å². The molecule has 0 bridgehead atoms. The lowest BCUT2D eigenvalue weighted by atomic mass is 10.2. The Balaban J connectivity index is 2.19. The number of nitrogens with two attached hydrogens (primary N) is 1. The zero-order valence-corrected chi connectivity index (χ0v) is 14.2. The third-order valence-electron chi connectivity index (χ3n) is 3.10. The summed E-state index contributed by atoms with van der Waals surface area (Å²) in [4.78, 5) is 4.21. The Morgan fingerprint density at radius 1 is 1.00 bits per heavy atom. The maximum Gasteiger partial charge on any atom is 0.161 e. The third kappa shape index (κ3) is 4.41. The van der Waals surface area contributed by atoms with E-state index in [1.54, 1.807) is 50.8 Å². The number of ether oxygens (including phenoxy) is 2. The van der Waals surface area contributed by atoms with Gasteiger partial charge in [0.25, 0.3) is 0 Å². The summed E-state index contributed by atoms with van der Waals surface area (Å²) in [5.41, 5.74) is 7.60. The van der Waals surface area contributed by atoms with Gasteiger partial charge in [-0.15, -0.1) is 0 Å². The molecular formula is C17H16Cl2N2O2. The van der Waals surface area contributed by atoms with Crippen LogP contribution in [0.5, 0.6) is 11.5 Å². The fourth-order valence-electron chi connectivity index (χ4n) is 1.89. The lowest BCUT2D eigenvalue weighted by Crippen LogP contribution is -2.12. The Bertz CT molecular complexity index is 758. The van der Waals surface area contributed by atoms with E-state index in [0.29, 0.717) is 27.4 Å². The maximum atomic E-state index is 5.98. The molecule has 0 saturated carbocycles. The number of nitrogens with zero attached hydrogens (tertiary/aromatic N) is 1. The van der Waals surface area contributed by atoms with E-state index >= 15 is 0 Å². The molecule has 0 heterocycles. The summed E-state index contributed by atoms with van der Waals surface area (Å²) in [6, 6.07) is 10.7. The average Bonchev–Trinajstić information content (AvgIpc) is 2.57. The molecular weight excluding hydrogens is 335 g/mol. The van der Waals surface area contributed by atoms with Crippen LogP contribution in [-0.2, 0) is 0 Å². The molecule has 0 spiro atoms. The second-order valence-electron chi connectivity index (χ2n) is 4.57. The van der Waals surface area contributed by atoms with E-state index in [-0.39, 0.29) is 0 Å². The molecule has 0 amide bonds. The molecule has 0 unspecified atom stereocenters. The van der Waals surface area contributed by atoms with Crippen molar-refractivity contribution in [1.29, 1.82) is 0 Å². The number of amidine groups is 1. The number of halogens is 2. The second kappa shape index (κ2) is 7.90. The summed E-state index contributed by atoms with van der Waals surface area (Å²) in [6.07, 6.45) is 3.39. The van der Waals surface area contributed by atoms with Gasteiger partial charge in [-0.3, -0.25) is 0 Å². The highest BCUT2D eigenvalue weighted by molar-refractivity contribution is 6.42. The SMILES string of the molecule is COc1ccc(C(N)=NC=Cc2ccc(Cl)c(Cl)c2)cc1OC. The smallest absolute Gasteiger partial charge is 0.161 e. The molecule has 0 aliphatic heterocycles. The van der Waals surface area contributed by atoms with E-state index in [1.165, 1.54) is 0 Å². The highest BCUT2D eigenvalue weighted by Gasteiger charge is 2.06. The van der Waals surface area contributed by atoms with Crippen LogP contribution in [0.3, 0.4) is 0 Å². The van der Waals surface area contributed by atoms with Gasteiger partial charge in [-0.2, -0.15) is 0 Å². The van der Waals surface area contributed by atoms with E-state index in [9.17, 15) is 0 Å². The van der Waals surface area contributed by atoms with E-state index in [2.05, 4.69) is 4.99 Å². The van der Waals surface area contributed by atoms with Crippen LogP contribution in [-0.4, -0.2) is 20.1 Å². The van der Waals surface area contributed by atoms with E-state index < -0.39 is 0 Å². The number of hydrogen-bond acceptors (Lipinski definition) is 3. The zero-order valence-electron chi connectivity index (χ0n) is 12.7. The van der Waals surface area contributed by atoms with Crippen LogP contribution in [0.1, 0.15) is 11.1 Å². The fraction of sp³-hybridized carbons (Fsp3) is 0.118. The summed E-state index contributed by atoms with van der Waals surface area (Å²) in [5, 5.41) is 1.00. The number of rotatable bonds is 5. The summed E-state index contributed by atoms with van der Waals surface area (Å²) < 4.78 is 10.4. The van der Waals surface area contributed by atoms with E-state index in [4.69, 9.17) is 38.4 Å². The van der Waals surface area contributed by atoms with Crippen LogP contribution in [0.2, 0.25) is 10.0 Å². The molecule has 0 aliphatic rings. The van der Waals surface area contributed by atoms with Gasteiger partial charge < -0.3 is 15.2 Å². The van der Waals surface area contributed by atoms with Crippen molar-refractivity contribution in [3.8, 4) is 11.5 Å². The van der Waals surface area contributed by atoms with E-state index in [1.807, 2.05) is 12.1 Å². The van der Waals surface area contributed by atoms with Gasteiger partial charge in [0.15, 0.2) is 11.5 Å². The van der Waals surface area contributed by atoms with Gasteiger partial charge in [-0.05, 0) is 42.0 Å². The van der Waals surface area contributed by atoms with Gasteiger partial charge in [-0.1, -0.05) is 29.3 Å². The molecule has 2 N–H and O–H groups in total. The van der Waals surface area contributed by atoms with Gasteiger partial charge in [-0.25, -0.2) is 4.99 Å². The summed E-state index contributed by atoms with van der Waals surface area (Å²) in [7, 11) is 3.15. The summed E-state index contributed by atoms with van der Waals surface area (Å²) in [6.45, 7) is 0. The quantitative estimate of drug-likeness (QED) is 0.642. The van der Waals surface area contributed by atoms with Gasteiger partial charge in [0.2, 0.25) is 0 Å². The molecule has 0 radical (unpaired) electrons. The largest absolute Gasteiger partial charge is 0.493 e. The van der Waals surface area contributed by atoms with Gasteiger partial charge in [0, 0.05) is 11.8 Å². The highest BCUT2D eigenvalue weighted by Crippen LogP contribution is 2.27. The maximum absolute atomic E-state index is 5.98. The van der Waals surface area contributed by atoms with Crippen molar-refractivity contribution in [2.45, 2.75) is 0 Å². The van der Waals surface area contributed by atoms with E-state index in [0.717, 1.165) is 11.1 Å². The topological polar surface area (TPSA) is 56.8 Å². The highest BCUT2D eigenvalue weighted by atomic mass is 35.5. The molecule has 4 nitrogen and oxygen atoms in total. The average molecular weight is 351 g/mol. The Kier molecular flexibility index (Phi) is 5.90. The monoisotopic (exact) mass is 350 g/mol. The van der Waals surface area contributed by atoms with Crippen LogP contribution in [0.25, 0.3) is 6.08 Å². The van der Waals surface area contributed by atoms with Crippen molar-refractivity contribution >= 4 is 35.1 Å². The molecule has 6 heteroatoms. The molecule has 2 aromatic carbocycles. The molecule has 0 fully saturated rings. The minimum absolute atomic E-state index is 0.363. The van der Waals surface area contributed by atoms with Crippen molar-refractivity contribution < 1.29 is 9.47 Å². The Hall–Kier alpha value is -2.17. The molecule has 0 atom stereocenters. The second-order valence-corrected chi connectivity index (χ2v) is 5.39. The number of aliphatic imine (C=N–C) groups is 1.